The zero-order chi connectivity index (χ0) is 16.8. The minimum atomic E-state index is 0. The van der Waals surface area contributed by atoms with Gasteiger partial charge in [-0.15, -0.1) is 24.0 Å². The molecule has 1 N–H and O–H groups in total. The van der Waals surface area contributed by atoms with Crippen LogP contribution in [0.5, 0.6) is 0 Å². The average Bonchev–Trinajstić information content (AvgIpc) is 2.64. The van der Waals surface area contributed by atoms with Crippen LogP contribution >= 0.6 is 24.0 Å². The van der Waals surface area contributed by atoms with Gasteiger partial charge >= 0.3 is 0 Å². The number of ether oxygens (including phenoxy) is 1. The number of aliphatic imine (C=N–C) groups is 1. The molecular formula is C20H32IN3O. The van der Waals surface area contributed by atoms with E-state index in [0.717, 1.165) is 45.0 Å². The Hall–Kier alpha value is -0.820. The van der Waals surface area contributed by atoms with Crippen molar-refractivity contribution in [3.8, 4) is 0 Å². The van der Waals surface area contributed by atoms with Gasteiger partial charge in [0.25, 0.3) is 0 Å². The summed E-state index contributed by atoms with van der Waals surface area (Å²) >= 11 is 0. The van der Waals surface area contributed by atoms with Gasteiger partial charge in [0.1, 0.15) is 0 Å². The molecule has 1 unspecified atom stereocenters. The molecule has 0 amide bonds. The van der Waals surface area contributed by atoms with Crippen LogP contribution in [0.2, 0.25) is 0 Å². The van der Waals surface area contributed by atoms with E-state index in [1.54, 1.807) is 0 Å². The Labute approximate surface area is 169 Å². The number of likely N-dealkylation sites (tertiary alicyclic amines) is 1. The number of nitrogens with one attached hydrogen (secondary N) is 1. The summed E-state index contributed by atoms with van der Waals surface area (Å²) in [5, 5.41) is 3.63. The molecule has 0 bridgehead atoms. The highest BCUT2D eigenvalue weighted by Crippen LogP contribution is 2.30. The summed E-state index contributed by atoms with van der Waals surface area (Å²) in [6.45, 7) is 5.94. The van der Waals surface area contributed by atoms with Gasteiger partial charge in [-0.1, -0.05) is 24.3 Å². The van der Waals surface area contributed by atoms with E-state index in [2.05, 4.69) is 46.4 Å². The van der Waals surface area contributed by atoms with Gasteiger partial charge in [0, 0.05) is 39.2 Å². The standard InChI is InChI=1S/C20H31N3O.HI/c1-3-24-18-11-13-23(14-12-18)20(21-2)22-15-17-9-6-8-16-7-4-5-10-19(16)17;/h4-5,7,10,17-18H,3,6,8-9,11-15H2,1-2H3,(H,21,22);1H. The van der Waals surface area contributed by atoms with E-state index in [1.807, 2.05) is 7.05 Å². The molecule has 5 heteroatoms. The van der Waals surface area contributed by atoms with Crippen LogP contribution in [-0.2, 0) is 11.2 Å². The summed E-state index contributed by atoms with van der Waals surface area (Å²) in [4.78, 5) is 6.89. The molecule has 140 valence electrons. The molecule has 1 fully saturated rings. The summed E-state index contributed by atoms with van der Waals surface area (Å²) < 4.78 is 5.75. The minimum Gasteiger partial charge on any atom is -0.378 e. The minimum absolute atomic E-state index is 0. The van der Waals surface area contributed by atoms with Crippen molar-refractivity contribution in [3.05, 3.63) is 35.4 Å². The molecule has 25 heavy (non-hydrogen) atoms. The first-order chi connectivity index (χ1) is 11.8. The van der Waals surface area contributed by atoms with Gasteiger partial charge in [0.15, 0.2) is 5.96 Å². The van der Waals surface area contributed by atoms with E-state index in [1.165, 1.54) is 30.4 Å². The van der Waals surface area contributed by atoms with E-state index in [9.17, 15) is 0 Å². The Kier molecular flexibility index (Phi) is 8.49. The Morgan fingerprint density at radius 2 is 2.00 bits per heavy atom. The van der Waals surface area contributed by atoms with Gasteiger partial charge in [-0.25, -0.2) is 0 Å². The van der Waals surface area contributed by atoms with Crippen LogP contribution in [0.15, 0.2) is 29.3 Å². The second-order valence-corrected chi connectivity index (χ2v) is 6.86. The van der Waals surface area contributed by atoms with E-state index < -0.39 is 0 Å². The van der Waals surface area contributed by atoms with Crippen LogP contribution in [0.4, 0.5) is 0 Å². The fourth-order valence-corrected chi connectivity index (χ4v) is 4.08. The Morgan fingerprint density at radius 1 is 1.24 bits per heavy atom. The summed E-state index contributed by atoms with van der Waals surface area (Å²) in [7, 11) is 1.89. The zero-order valence-corrected chi connectivity index (χ0v) is 17.9. The van der Waals surface area contributed by atoms with Crippen molar-refractivity contribution in [2.45, 2.75) is 51.0 Å². The van der Waals surface area contributed by atoms with Crippen LogP contribution in [-0.4, -0.2) is 50.3 Å². The number of hydrogen-bond donors (Lipinski definition) is 1. The number of guanidine groups is 1. The normalized spacial score (nSPS) is 21.4. The highest BCUT2D eigenvalue weighted by Gasteiger charge is 2.23. The molecule has 0 saturated carbocycles. The van der Waals surface area contributed by atoms with Crippen molar-refractivity contribution in [3.63, 3.8) is 0 Å². The van der Waals surface area contributed by atoms with Crippen LogP contribution < -0.4 is 5.32 Å². The quantitative estimate of drug-likeness (QED) is 0.425. The average molecular weight is 457 g/mol. The number of benzene rings is 1. The second kappa shape index (κ2) is 10.4. The van der Waals surface area contributed by atoms with Gasteiger partial charge < -0.3 is 15.0 Å². The van der Waals surface area contributed by atoms with Crippen molar-refractivity contribution in [2.75, 3.05) is 33.3 Å². The fraction of sp³-hybridized carbons (Fsp3) is 0.650. The maximum atomic E-state index is 5.75. The molecule has 1 aromatic rings. The van der Waals surface area contributed by atoms with Gasteiger partial charge in [0.05, 0.1) is 6.10 Å². The molecular weight excluding hydrogens is 425 g/mol. The van der Waals surface area contributed by atoms with Crippen LogP contribution in [0.25, 0.3) is 0 Å². The zero-order valence-electron chi connectivity index (χ0n) is 15.5. The number of fused-ring (bicyclic) bond motifs is 1. The molecule has 1 aliphatic heterocycles. The highest BCUT2D eigenvalue weighted by molar-refractivity contribution is 14.0. The Bertz CT molecular complexity index is 556. The second-order valence-electron chi connectivity index (χ2n) is 6.86. The largest absolute Gasteiger partial charge is 0.378 e. The number of halogens is 1. The molecule has 1 aliphatic carbocycles. The fourth-order valence-electron chi connectivity index (χ4n) is 4.08. The summed E-state index contributed by atoms with van der Waals surface area (Å²) in [6.07, 6.45) is 6.41. The van der Waals surface area contributed by atoms with Crippen molar-refractivity contribution in [2.24, 2.45) is 4.99 Å². The van der Waals surface area contributed by atoms with Crippen molar-refractivity contribution < 1.29 is 4.74 Å². The summed E-state index contributed by atoms with van der Waals surface area (Å²) in [6, 6.07) is 8.92. The number of piperidine rings is 1. The Balaban J connectivity index is 0.00000225. The molecule has 3 rings (SSSR count). The third-order valence-electron chi connectivity index (χ3n) is 5.36. The van der Waals surface area contributed by atoms with Gasteiger partial charge in [-0.2, -0.15) is 0 Å². The molecule has 2 aliphatic rings. The number of aryl methyl sites for hydroxylation is 1. The van der Waals surface area contributed by atoms with E-state index in [-0.39, 0.29) is 24.0 Å². The van der Waals surface area contributed by atoms with Gasteiger partial charge in [0.2, 0.25) is 0 Å². The number of hydrogen-bond acceptors (Lipinski definition) is 2. The predicted octanol–water partition coefficient (Wildman–Crippen LogP) is 3.80. The van der Waals surface area contributed by atoms with E-state index >= 15 is 0 Å². The van der Waals surface area contributed by atoms with Crippen LogP contribution in [0.3, 0.4) is 0 Å². The molecule has 1 heterocycles. The molecule has 4 nitrogen and oxygen atoms in total. The van der Waals surface area contributed by atoms with E-state index in [4.69, 9.17) is 4.74 Å². The molecule has 0 spiro atoms. The third kappa shape index (κ3) is 5.33. The third-order valence-corrected chi connectivity index (χ3v) is 5.36. The Morgan fingerprint density at radius 3 is 2.72 bits per heavy atom. The van der Waals surface area contributed by atoms with Crippen molar-refractivity contribution in [1.82, 2.24) is 10.2 Å². The lowest BCUT2D eigenvalue weighted by Crippen LogP contribution is -2.48. The van der Waals surface area contributed by atoms with Crippen molar-refractivity contribution >= 4 is 29.9 Å². The first-order valence-electron chi connectivity index (χ1n) is 9.46. The van der Waals surface area contributed by atoms with Crippen LogP contribution in [0, 0.1) is 0 Å². The highest BCUT2D eigenvalue weighted by atomic mass is 127. The lowest BCUT2D eigenvalue weighted by atomic mass is 9.83. The van der Waals surface area contributed by atoms with Gasteiger partial charge in [-0.05, 0) is 50.2 Å². The molecule has 1 saturated heterocycles. The predicted molar refractivity (Wildman–Crippen MR) is 115 cm³/mol. The lowest BCUT2D eigenvalue weighted by molar-refractivity contribution is 0.0263. The number of nitrogens with zero attached hydrogens (tertiary/aromatic N) is 2. The topological polar surface area (TPSA) is 36.9 Å². The first kappa shape index (κ1) is 20.5. The SMILES string of the molecule is CCOC1CCN(C(=NC)NCC2CCCc3ccccc32)CC1.I. The molecule has 1 atom stereocenters. The molecule has 1 aromatic carbocycles. The first-order valence-corrected chi connectivity index (χ1v) is 9.46. The summed E-state index contributed by atoms with van der Waals surface area (Å²) in [5.74, 6) is 1.65. The maximum absolute atomic E-state index is 5.75. The summed E-state index contributed by atoms with van der Waals surface area (Å²) in [5.41, 5.74) is 3.06. The molecule has 0 aromatic heterocycles. The lowest BCUT2D eigenvalue weighted by Gasteiger charge is -2.35. The maximum Gasteiger partial charge on any atom is 0.193 e. The van der Waals surface area contributed by atoms with E-state index in [0.29, 0.717) is 12.0 Å². The van der Waals surface area contributed by atoms with Crippen LogP contribution in [0.1, 0.15) is 49.7 Å². The van der Waals surface area contributed by atoms with Crippen molar-refractivity contribution in [1.29, 1.82) is 0 Å². The molecule has 0 radical (unpaired) electrons. The smallest absolute Gasteiger partial charge is 0.193 e. The monoisotopic (exact) mass is 457 g/mol. The van der Waals surface area contributed by atoms with Gasteiger partial charge in [-0.3, -0.25) is 4.99 Å². The number of rotatable bonds is 4.